The number of carboxylic acid groups (broad SMARTS) is 1. The lowest BCUT2D eigenvalue weighted by Gasteiger charge is -2.08. The van der Waals surface area contributed by atoms with Crippen molar-refractivity contribution in [3.63, 3.8) is 0 Å². The molecular formula is C9H14O3. The zero-order valence-electron chi connectivity index (χ0n) is 7.08. The Morgan fingerprint density at radius 1 is 1.50 bits per heavy atom. The van der Waals surface area contributed by atoms with E-state index in [9.17, 15) is 4.79 Å². The minimum atomic E-state index is -0.637. The molecule has 12 heavy (non-hydrogen) atoms. The summed E-state index contributed by atoms with van der Waals surface area (Å²) in [5.74, 6) is -0.637. The van der Waals surface area contributed by atoms with Crippen LogP contribution in [0.4, 0.5) is 0 Å². The first-order valence-electron chi connectivity index (χ1n) is 4.58. The molecule has 1 N–H and O–H groups in total. The van der Waals surface area contributed by atoms with Crippen molar-refractivity contribution in [3.8, 4) is 0 Å². The third kappa shape index (κ3) is 1.61. The molecule has 0 aromatic rings. The highest BCUT2D eigenvalue weighted by Gasteiger charge is 2.49. The van der Waals surface area contributed by atoms with Gasteiger partial charge in [0.25, 0.3) is 0 Å². The number of carbonyl (C=O) groups is 1. The van der Waals surface area contributed by atoms with Crippen molar-refractivity contribution in [2.75, 3.05) is 6.61 Å². The molecule has 3 nitrogen and oxygen atoms in total. The number of carboxylic acids is 1. The molecule has 0 radical (unpaired) electrons. The largest absolute Gasteiger partial charge is 0.481 e. The fourth-order valence-corrected chi connectivity index (χ4v) is 1.38. The summed E-state index contributed by atoms with van der Waals surface area (Å²) in [6.07, 6.45) is 5.18. The van der Waals surface area contributed by atoms with Crippen LogP contribution in [-0.4, -0.2) is 23.8 Å². The highest BCUT2D eigenvalue weighted by atomic mass is 16.5. The molecule has 68 valence electrons. The van der Waals surface area contributed by atoms with Gasteiger partial charge in [-0.1, -0.05) is 0 Å². The van der Waals surface area contributed by atoms with E-state index in [-0.39, 0.29) is 0 Å². The van der Waals surface area contributed by atoms with Crippen LogP contribution in [0.5, 0.6) is 0 Å². The van der Waals surface area contributed by atoms with Crippen molar-refractivity contribution in [3.05, 3.63) is 0 Å². The zero-order chi connectivity index (χ0) is 8.60. The average Bonchev–Trinajstić information content (AvgIpc) is 2.79. The van der Waals surface area contributed by atoms with Gasteiger partial charge in [-0.05, 0) is 32.1 Å². The maximum atomic E-state index is 10.7. The van der Waals surface area contributed by atoms with E-state index in [2.05, 4.69) is 0 Å². The van der Waals surface area contributed by atoms with Crippen molar-refractivity contribution < 1.29 is 14.6 Å². The van der Waals surface area contributed by atoms with Crippen LogP contribution in [0.1, 0.15) is 32.1 Å². The Balaban J connectivity index is 1.67. The minimum absolute atomic E-state index is 0.394. The van der Waals surface area contributed by atoms with Crippen LogP contribution in [0, 0.1) is 5.41 Å². The predicted octanol–water partition coefficient (Wildman–Crippen LogP) is 1.42. The Hall–Kier alpha value is -0.570. The molecule has 0 aromatic heterocycles. The van der Waals surface area contributed by atoms with Gasteiger partial charge in [-0.25, -0.2) is 0 Å². The third-order valence-electron chi connectivity index (χ3n) is 2.77. The second-order valence-corrected chi connectivity index (χ2v) is 3.91. The summed E-state index contributed by atoms with van der Waals surface area (Å²) in [5.41, 5.74) is -0.394. The Morgan fingerprint density at radius 2 is 2.17 bits per heavy atom. The molecule has 2 aliphatic rings. The lowest BCUT2D eigenvalue weighted by atomic mass is 10.0. The molecule has 0 unspecified atom stereocenters. The van der Waals surface area contributed by atoms with E-state index in [0.29, 0.717) is 19.1 Å². The van der Waals surface area contributed by atoms with Crippen LogP contribution in [-0.2, 0) is 9.53 Å². The Morgan fingerprint density at radius 3 is 2.58 bits per heavy atom. The second-order valence-electron chi connectivity index (χ2n) is 3.91. The van der Waals surface area contributed by atoms with Crippen molar-refractivity contribution in [1.82, 2.24) is 0 Å². The molecule has 0 atom stereocenters. The summed E-state index contributed by atoms with van der Waals surface area (Å²) < 4.78 is 5.42. The SMILES string of the molecule is O=C(O)C1(CCOC2CC2)CC1. The van der Waals surface area contributed by atoms with Crippen LogP contribution >= 0.6 is 0 Å². The normalized spacial score (nSPS) is 25.3. The summed E-state index contributed by atoms with van der Waals surface area (Å²) in [5, 5.41) is 8.83. The lowest BCUT2D eigenvalue weighted by molar-refractivity contribution is -0.144. The molecule has 3 heteroatoms. The van der Waals surface area contributed by atoms with Gasteiger partial charge < -0.3 is 9.84 Å². The molecule has 0 saturated heterocycles. The highest BCUT2D eigenvalue weighted by molar-refractivity contribution is 5.77. The van der Waals surface area contributed by atoms with Crippen LogP contribution in [0.2, 0.25) is 0 Å². The molecule has 2 saturated carbocycles. The predicted molar refractivity (Wildman–Crippen MR) is 42.9 cm³/mol. The third-order valence-corrected chi connectivity index (χ3v) is 2.77. The fourth-order valence-electron chi connectivity index (χ4n) is 1.38. The minimum Gasteiger partial charge on any atom is -0.481 e. The summed E-state index contributed by atoms with van der Waals surface area (Å²) >= 11 is 0. The van der Waals surface area contributed by atoms with Gasteiger partial charge in [0.05, 0.1) is 11.5 Å². The number of rotatable bonds is 5. The molecular weight excluding hydrogens is 156 g/mol. The Kier molecular flexibility index (Phi) is 1.83. The fraction of sp³-hybridized carbons (Fsp3) is 0.889. The van der Waals surface area contributed by atoms with Crippen LogP contribution < -0.4 is 0 Å². The first-order valence-corrected chi connectivity index (χ1v) is 4.58. The standard InChI is InChI=1S/C9H14O3/c10-8(11)9(3-4-9)5-6-12-7-1-2-7/h7H,1-6H2,(H,10,11). The molecule has 0 aliphatic heterocycles. The van der Waals surface area contributed by atoms with Gasteiger partial charge in [-0.2, -0.15) is 0 Å². The van der Waals surface area contributed by atoms with Crippen LogP contribution in [0.15, 0.2) is 0 Å². The summed E-state index contributed by atoms with van der Waals surface area (Å²) in [4.78, 5) is 10.7. The van der Waals surface area contributed by atoms with Gasteiger partial charge in [0.15, 0.2) is 0 Å². The number of ether oxygens (including phenoxy) is 1. The number of hydrogen-bond donors (Lipinski definition) is 1. The maximum Gasteiger partial charge on any atom is 0.309 e. The molecule has 0 bridgehead atoms. The van der Waals surface area contributed by atoms with Gasteiger partial charge in [-0.3, -0.25) is 4.79 Å². The van der Waals surface area contributed by atoms with Gasteiger partial charge in [-0.15, -0.1) is 0 Å². The van der Waals surface area contributed by atoms with E-state index in [1.165, 1.54) is 12.8 Å². The van der Waals surface area contributed by atoms with Crippen molar-refractivity contribution in [2.24, 2.45) is 5.41 Å². The first-order chi connectivity index (χ1) is 5.73. The summed E-state index contributed by atoms with van der Waals surface area (Å²) in [7, 11) is 0. The van der Waals surface area contributed by atoms with Gasteiger partial charge in [0, 0.05) is 6.61 Å². The highest BCUT2D eigenvalue weighted by Crippen LogP contribution is 2.49. The molecule has 0 aromatic carbocycles. The lowest BCUT2D eigenvalue weighted by Crippen LogP contribution is -2.17. The van der Waals surface area contributed by atoms with Gasteiger partial charge in [0.2, 0.25) is 0 Å². The molecule has 2 rings (SSSR count). The van der Waals surface area contributed by atoms with Crippen molar-refractivity contribution >= 4 is 5.97 Å². The van der Waals surface area contributed by atoms with E-state index in [1.807, 2.05) is 0 Å². The summed E-state index contributed by atoms with van der Waals surface area (Å²) in [6, 6.07) is 0. The molecule has 2 fully saturated rings. The zero-order valence-corrected chi connectivity index (χ0v) is 7.08. The van der Waals surface area contributed by atoms with Crippen LogP contribution in [0.3, 0.4) is 0 Å². The maximum absolute atomic E-state index is 10.7. The first kappa shape index (κ1) is 8.05. The van der Waals surface area contributed by atoms with E-state index in [0.717, 1.165) is 12.8 Å². The van der Waals surface area contributed by atoms with E-state index >= 15 is 0 Å². The van der Waals surface area contributed by atoms with Crippen molar-refractivity contribution in [1.29, 1.82) is 0 Å². The topological polar surface area (TPSA) is 46.5 Å². The molecule has 0 amide bonds. The van der Waals surface area contributed by atoms with E-state index in [1.54, 1.807) is 0 Å². The van der Waals surface area contributed by atoms with Crippen LogP contribution in [0.25, 0.3) is 0 Å². The number of hydrogen-bond acceptors (Lipinski definition) is 2. The average molecular weight is 170 g/mol. The van der Waals surface area contributed by atoms with E-state index in [4.69, 9.17) is 9.84 Å². The molecule has 0 heterocycles. The molecule has 2 aliphatic carbocycles. The summed E-state index contributed by atoms with van der Waals surface area (Å²) in [6.45, 7) is 0.636. The smallest absolute Gasteiger partial charge is 0.309 e. The van der Waals surface area contributed by atoms with Gasteiger partial charge in [0.1, 0.15) is 0 Å². The molecule has 0 spiro atoms. The second kappa shape index (κ2) is 2.73. The Bertz CT molecular complexity index is 192. The quantitative estimate of drug-likeness (QED) is 0.678. The Labute approximate surface area is 71.7 Å². The monoisotopic (exact) mass is 170 g/mol. The number of aliphatic carboxylic acids is 1. The van der Waals surface area contributed by atoms with E-state index < -0.39 is 11.4 Å². The van der Waals surface area contributed by atoms with Gasteiger partial charge >= 0.3 is 5.97 Å². The van der Waals surface area contributed by atoms with Crippen molar-refractivity contribution in [2.45, 2.75) is 38.2 Å².